The second kappa shape index (κ2) is 6.61. The molecule has 0 atom stereocenters. The highest BCUT2D eigenvalue weighted by Crippen LogP contribution is 2.26. The highest BCUT2D eigenvalue weighted by Gasteiger charge is 2.17. The van der Waals surface area contributed by atoms with E-state index in [-0.39, 0.29) is 5.91 Å². The van der Waals surface area contributed by atoms with Gasteiger partial charge in [-0.15, -0.1) is 11.3 Å². The molecule has 4 aromatic rings. The molecule has 0 saturated heterocycles. The molecule has 0 saturated carbocycles. The van der Waals surface area contributed by atoms with Crippen molar-refractivity contribution < 1.29 is 9.21 Å². The zero-order valence-electron chi connectivity index (χ0n) is 13.9. The number of fused-ring (bicyclic) bond motifs is 1. The van der Waals surface area contributed by atoms with Crippen molar-refractivity contribution in [1.82, 2.24) is 9.88 Å². The Bertz CT molecular complexity index is 994. The predicted molar refractivity (Wildman–Crippen MR) is 100.0 cm³/mol. The van der Waals surface area contributed by atoms with E-state index in [1.54, 1.807) is 17.6 Å². The van der Waals surface area contributed by atoms with E-state index in [2.05, 4.69) is 52.5 Å². The Hall–Kier alpha value is -2.79. The van der Waals surface area contributed by atoms with Gasteiger partial charge in [0.1, 0.15) is 11.5 Å². The summed E-state index contributed by atoms with van der Waals surface area (Å²) in [7, 11) is 0. The van der Waals surface area contributed by atoms with E-state index in [4.69, 9.17) is 4.42 Å². The molecule has 25 heavy (non-hydrogen) atoms. The molecule has 5 heteroatoms. The van der Waals surface area contributed by atoms with Crippen molar-refractivity contribution in [2.45, 2.75) is 20.0 Å². The van der Waals surface area contributed by atoms with Crippen molar-refractivity contribution in [3.05, 3.63) is 82.8 Å². The van der Waals surface area contributed by atoms with Crippen molar-refractivity contribution in [1.29, 1.82) is 0 Å². The third-order valence-corrected chi connectivity index (χ3v) is 5.07. The fourth-order valence-corrected chi connectivity index (χ4v) is 3.70. The van der Waals surface area contributed by atoms with Gasteiger partial charge in [0, 0.05) is 6.54 Å². The first-order chi connectivity index (χ1) is 12.2. The third-order valence-electron chi connectivity index (χ3n) is 4.22. The number of nitrogens with one attached hydrogen (secondary N) is 1. The molecule has 0 fully saturated rings. The van der Waals surface area contributed by atoms with Gasteiger partial charge in [-0.2, -0.15) is 0 Å². The van der Waals surface area contributed by atoms with E-state index in [0.717, 1.165) is 16.0 Å². The van der Waals surface area contributed by atoms with Gasteiger partial charge in [0.2, 0.25) is 0 Å². The first-order valence-electron chi connectivity index (χ1n) is 8.13. The largest absolute Gasteiger partial charge is 0.467 e. The summed E-state index contributed by atoms with van der Waals surface area (Å²) in [5.41, 5.74) is 4.17. The van der Waals surface area contributed by atoms with Gasteiger partial charge >= 0.3 is 0 Å². The number of carbonyl (C=O) groups is 1. The van der Waals surface area contributed by atoms with E-state index in [0.29, 0.717) is 18.8 Å². The van der Waals surface area contributed by atoms with E-state index in [1.165, 1.54) is 11.1 Å². The van der Waals surface area contributed by atoms with Gasteiger partial charge in [0.15, 0.2) is 0 Å². The Morgan fingerprint density at radius 1 is 1.20 bits per heavy atom. The first kappa shape index (κ1) is 15.7. The normalized spacial score (nSPS) is 11.1. The molecule has 0 aliphatic carbocycles. The average molecular weight is 350 g/mol. The minimum absolute atomic E-state index is 0.0908. The van der Waals surface area contributed by atoms with Crippen LogP contribution in [0.25, 0.3) is 10.2 Å². The third kappa shape index (κ3) is 3.23. The van der Waals surface area contributed by atoms with E-state index in [1.807, 2.05) is 18.2 Å². The summed E-state index contributed by atoms with van der Waals surface area (Å²) in [6.07, 6.45) is 1.61. The van der Waals surface area contributed by atoms with Crippen molar-refractivity contribution in [2.24, 2.45) is 0 Å². The number of carbonyl (C=O) groups excluding carboxylic acids is 1. The molecule has 126 valence electrons. The lowest BCUT2D eigenvalue weighted by Crippen LogP contribution is -2.25. The number of hydrogen-bond acceptors (Lipinski definition) is 3. The lowest BCUT2D eigenvalue weighted by molar-refractivity contribution is 0.0939. The van der Waals surface area contributed by atoms with Gasteiger partial charge < -0.3 is 14.3 Å². The number of furan rings is 1. The van der Waals surface area contributed by atoms with Crippen LogP contribution in [0.3, 0.4) is 0 Å². The molecular weight excluding hydrogens is 332 g/mol. The van der Waals surface area contributed by atoms with Crippen molar-refractivity contribution in [3.8, 4) is 0 Å². The average Bonchev–Trinajstić information content (AvgIpc) is 3.33. The molecule has 1 amide bonds. The Morgan fingerprint density at radius 3 is 2.80 bits per heavy atom. The standard InChI is InChI=1S/C20H18N2O2S/c1-14-4-6-15(7-5-14)13-22-17-8-10-25-19(17)11-18(22)20(23)21-12-16-3-2-9-24-16/h2-11H,12-13H2,1H3,(H,21,23). The maximum atomic E-state index is 12.7. The van der Waals surface area contributed by atoms with Crippen LogP contribution < -0.4 is 5.32 Å². The molecule has 3 heterocycles. The van der Waals surface area contributed by atoms with Crippen LogP contribution in [0.15, 0.2) is 64.6 Å². The zero-order chi connectivity index (χ0) is 17.2. The molecule has 4 nitrogen and oxygen atoms in total. The van der Waals surface area contributed by atoms with Gasteiger partial charge in [-0.3, -0.25) is 4.79 Å². The van der Waals surface area contributed by atoms with Crippen LogP contribution in [0.4, 0.5) is 0 Å². The summed E-state index contributed by atoms with van der Waals surface area (Å²) in [4.78, 5) is 12.7. The number of nitrogens with zero attached hydrogens (tertiary/aromatic N) is 1. The number of aryl methyl sites for hydroxylation is 1. The Labute approximate surface area is 149 Å². The number of thiophene rings is 1. The van der Waals surface area contributed by atoms with Gasteiger partial charge in [0.25, 0.3) is 5.91 Å². The van der Waals surface area contributed by atoms with E-state index < -0.39 is 0 Å². The van der Waals surface area contributed by atoms with Crippen LogP contribution in [-0.2, 0) is 13.1 Å². The minimum atomic E-state index is -0.0908. The predicted octanol–water partition coefficient (Wildman–Crippen LogP) is 4.58. The number of hydrogen-bond donors (Lipinski definition) is 1. The number of aromatic nitrogens is 1. The van der Waals surface area contributed by atoms with Crippen molar-refractivity contribution in [3.63, 3.8) is 0 Å². The Morgan fingerprint density at radius 2 is 2.04 bits per heavy atom. The SMILES string of the molecule is Cc1ccc(Cn2c(C(=O)NCc3ccco3)cc3sccc32)cc1. The summed E-state index contributed by atoms with van der Waals surface area (Å²) in [6, 6.07) is 16.1. The quantitative estimate of drug-likeness (QED) is 0.572. The maximum Gasteiger partial charge on any atom is 0.268 e. The summed E-state index contributed by atoms with van der Waals surface area (Å²) in [6.45, 7) is 3.13. The fourth-order valence-electron chi connectivity index (χ4n) is 2.88. The summed E-state index contributed by atoms with van der Waals surface area (Å²) >= 11 is 1.65. The lowest BCUT2D eigenvalue weighted by Gasteiger charge is -2.11. The molecule has 4 rings (SSSR count). The smallest absolute Gasteiger partial charge is 0.268 e. The van der Waals surface area contributed by atoms with Crippen LogP contribution in [-0.4, -0.2) is 10.5 Å². The Balaban J connectivity index is 1.62. The molecule has 0 spiro atoms. The van der Waals surface area contributed by atoms with Gasteiger partial charge in [-0.25, -0.2) is 0 Å². The lowest BCUT2D eigenvalue weighted by atomic mass is 10.1. The minimum Gasteiger partial charge on any atom is -0.467 e. The number of benzene rings is 1. The van der Waals surface area contributed by atoms with E-state index in [9.17, 15) is 4.79 Å². The van der Waals surface area contributed by atoms with Crippen LogP contribution in [0.1, 0.15) is 27.4 Å². The van der Waals surface area contributed by atoms with Crippen LogP contribution in [0.5, 0.6) is 0 Å². The number of rotatable bonds is 5. The highest BCUT2D eigenvalue weighted by molar-refractivity contribution is 7.17. The van der Waals surface area contributed by atoms with Crippen LogP contribution in [0.2, 0.25) is 0 Å². The summed E-state index contributed by atoms with van der Waals surface area (Å²) < 4.78 is 8.48. The van der Waals surface area contributed by atoms with E-state index >= 15 is 0 Å². The van der Waals surface area contributed by atoms with Gasteiger partial charge in [0.05, 0.1) is 23.0 Å². The van der Waals surface area contributed by atoms with Gasteiger partial charge in [-0.1, -0.05) is 29.8 Å². The van der Waals surface area contributed by atoms with Crippen LogP contribution in [0, 0.1) is 6.92 Å². The molecule has 0 bridgehead atoms. The zero-order valence-corrected chi connectivity index (χ0v) is 14.7. The van der Waals surface area contributed by atoms with Crippen LogP contribution >= 0.6 is 11.3 Å². The first-order valence-corrected chi connectivity index (χ1v) is 9.01. The molecule has 0 radical (unpaired) electrons. The molecule has 0 aliphatic rings. The molecule has 1 aromatic carbocycles. The number of amides is 1. The molecule has 0 aliphatic heterocycles. The summed E-state index contributed by atoms with van der Waals surface area (Å²) in [5, 5.41) is 4.99. The fraction of sp³-hybridized carbons (Fsp3) is 0.150. The van der Waals surface area contributed by atoms with Gasteiger partial charge in [-0.05, 0) is 42.1 Å². The van der Waals surface area contributed by atoms with Crippen molar-refractivity contribution in [2.75, 3.05) is 0 Å². The second-order valence-electron chi connectivity index (χ2n) is 6.03. The summed E-state index contributed by atoms with van der Waals surface area (Å²) in [5.74, 6) is 0.652. The maximum absolute atomic E-state index is 12.7. The topological polar surface area (TPSA) is 47.2 Å². The monoisotopic (exact) mass is 350 g/mol. The molecule has 1 N–H and O–H groups in total. The Kier molecular flexibility index (Phi) is 4.15. The highest BCUT2D eigenvalue weighted by atomic mass is 32.1. The molecule has 0 unspecified atom stereocenters. The molecular formula is C20H18N2O2S. The second-order valence-corrected chi connectivity index (χ2v) is 6.98. The molecule has 3 aromatic heterocycles. The van der Waals surface area contributed by atoms with Crippen molar-refractivity contribution >= 4 is 27.5 Å².